The highest BCUT2D eigenvalue weighted by Crippen LogP contribution is 2.22. The Morgan fingerprint density at radius 3 is 2.17 bits per heavy atom. The van der Waals surface area contributed by atoms with Gasteiger partial charge < -0.3 is 25.0 Å². The van der Waals surface area contributed by atoms with E-state index in [1.807, 2.05) is 4.90 Å². The number of rotatable bonds is 10. The number of benzene rings is 1. The number of nitrogens with zero attached hydrogens (tertiary/aromatic N) is 2. The second-order valence-electron chi connectivity index (χ2n) is 7.14. The van der Waals surface area contributed by atoms with Gasteiger partial charge in [0, 0.05) is 44.4 Å². The molecule has 0 unspecified atom stereocenters. The van der Waals surface area contributed by atoms with Crippen molar-refractivity contribution in [2.24, 2.45) is 0 Å². The van der Waals surface area contributed by atoms with Gasteiger partial charge in [0.1, 0.15) is 11.5 Å². The van der Waals surface area contributed by atoms with Gasteiger partial charge in [0.25, 0.3) is 5.91 Å². The molecule has 1 aromatic rings. The summed E-state index contributed by atoms with van der Waals surface area (Å²) in [5.74, 6) is 0.499. The van der Waals surface area contributed by atoms with E-state index >= 15 is 0 Å². The second-order valence-corrected chi connectivity index (χ2v) is 7.14. The zero-order valence-electron chi connectivity index (χ0n) is 18.0. The molecule has 0 atom stereocenters. The number of unbranched alkanes of at least 4 members (excludes halogenated alkanes) is 1. The Hall–Kier alpha value is -2.81. The van der Waals surface area contributed by atoms with Crippen LogP contribution in [0.25, 0.3) is 0 Å². The molecule has 2 rings (SSSR count). The van der Waals surface area contributed by atoms with Crippen molar-refractivity contribution in [2.45, 2.75) is 19.8 Å². The smallest absolute Gasteiger partial charge is 0.251 e. The largest absolute Gasteiger partial charge is 0.497 e. The summed E-state index contributed by atoms with van der Waals surface area (Å²) in [7, 11) is 3.02. The molecule has 9 heteroatoms. The number of methoxy groups -OCH3 is 2. The molecule has 0 radical (unpaired) electrons. The summed E-state index contributed by atoms with van der Waals surface area (Å²) in [5.41, 5.74) is 0.359. The molecule has 1 aliphatic heterocycles. The lowest BCUT2D eigenvalue weighted by Crippen LogP contribution is -2.53. The summed E-state index contributed by atoms with van der Waals surface area (Å²) in [6.07, 6.45) is 2.02. The van der Waals surface area contributed by atoms with Crippen molar-refractivity contribution in [1.82, 2.24) is 20.4 Å². The summed E-state index contributed by atoms with van der Waals surface area (Å²) in [4.78, 5) is 40.5. The van der Waals surface area contributed by atoms with E-state index < -0.39 is 0 Å². The summed E-state index contributed by atoms with van der Waals surface area (Å²) in [6.45, 7) is 5.37. The normalized spacial score (nSPS) is 14.2. The summed E-state index contributed by atoms with van der Waals surface area (Å²) in [6, 6.07) is 4.85. The highest BCUT2D eigenvalue weighted by Gasteiger charge is 2.22. The minimum atomic E-state index is -0.372. The van der Waals surface area contributed by atoms with Gasteiger partial charge in [0.05, 0.1) is 27.3 Å². The lowest BCUT2D eigenvalue weighted by molar-refractivity contribution is -0.132. The minimum Gasteiger partial charge on any atom is -0.497 e. The Morgan fingerprint density at radius 1 is 0.967 bits per heavy atom. The lowest BCUT2D eigenvalue weighted by atomic mass is 10.2. The number of piperazine rings is 1. The van der Waals surface area contributed by atoms with Gasteiger partial charge in [-0.3, -0.25) is 19.3 Å². The van der Waals surface area contributed by atoms with Crippen LogP contribution in [0.1, 0.15) is 30.1 Å². The number of carbonyl (C=O) groups excluding carboxylic acids is 3. The highest BCUT2D eigenvalue weighted by molar-refractivity contribution is 5.97. The van der Waals surface area contributed by atoms with Gasteiger partial charge in [-0.2, -0.15) is 0 Å². The van der Waals surface area contributed by atoms with Crippen LogP contribution < -0.4 is 20.1 Å². The molecular formula is C21H32N4O5. The van der Waals surface area contributed by atoms with Gasteiger partial charge >= 0.3 is 0 Å². The third-order valence-electron chi connectivity index (χ3n) is 4.96. The fourth-order valence-electron chi connectivity index (χ4n) is 3.13. The molecule has 0 aliphatic carbocycles. The Balaban J connectivity index is 1.76. The predicted octanol–water partition coefficient (Wildman–Crippen LogP) is 0.494. The molecule has 1 saturated heterocycles. The van der Waals surface area contributed by atoms with Crippen LogP contribution >= 0.6 is 0 Å². The Kier molecular flexibility index (Phi) is 9.40. The second kappa shape index (κ2) is 12.0. The van der Waals surface area contributed by atoms with Crippen molar-refractivity contribution in [1.29, 1.82) is 0 Å². The van der Waals surface area contributed by atoms with Crippen molar-refractivity contribution in [3.05, 3.63) is 23.8 Å². The minimum absolute atomic E-state index is 0.0178. The van der Waals surface area contributed by atoms with Gasteiger partial charge in [0.15, 0.2) is 0 Å². The fourth-order valence-corrected chi connectivity index (χ4v) is 3.13. The monoisotopic (exact) mass is 420 g/mol. The third-order valence-corrected chi connectivity index (χ3v) is 4.96. The Morgan fingerprint density at radius 2 is 1.60 bits per heavy atom. The molecule has 0 saturated carbocycles. The number of nitrogens with one attached hydrogen (secondary N) is 2. The maximum atomic E-state index is 12.4. The molecule has 1 aliphatic rings. The average Bonchev–Trinajstić information content (AvgIpc) is 2.77. The summed E-state index contributed by atoms with van der Waals surface area (Å²) in [5, 5.41) is 5.55. The van der Waals surface area contributed by atoms with Crippen LogP contribution in [-0.2, 0) is 9.59 Å². The SMILES string of the molecule is CCCCNC(=O)CN1CCN(C(=O)CNC(=O)c2cc(OC)cc(OC)c2)CC1. The van der Waals surface area contributed by atoms with E-state index in [0.717, 1.165) is 12.8 Å². The maximum absolute atomic E-state index is 12.4. The van der Waals surface area contributed by atoms with Crippen LogP contribution in [0.4, 0.5) is 0 Å². The summed E-state index contributed by atoms with van der Waals surface area (Å²) >= 11 is 0. The molecule has 3 amide bonds. The first kappa shape index (κ1) is 23.5. The summed E-state index contributed by atoms with van der Waals surface area (Å²) < 4.78 is 10.3. The third kappa shape index (κ3) is 7.22. The standard InChI is InChI=1S/C21H32N4O5/c1-4-5-6-22-19(26)15-24-7-9-25(10-8-24)20(27)14-23-21(28)16-11-17(29-2)13-18(12-16)30-3/h11-13H,4-10,14-15H2,1-3H3,(H,22,26)(H,23,28). The molecule has 1 aromatic carbocycles. The highest BCUT2D eigenvalue weighted by atomic mass is 16.5. The zero-order chi connectivity index (χ0) is 21.9. The van der Waals surface area contributed by atoms with Crippen LogP contribution in [0.5, 0.6) is 11.5 Å². The first-order valence-electron chi connectivity index (χ1n) is 10.2. The molecule has 0 spiro atoms. The number of hydrogen-bond acceptors (Lipinski definition) is 6. The van der Waals surface area contributed by atoms with Crippen LogP contribution in [0.2, 0.25) is 0 Å². The zero-order valence-corrected chi connectivity index (χ0v) is 18.0. The average molecular weight is 421 g/mol. The maximum Gasteiger partial charge on any atom is 0.251 e. The van der Waals surface area contributed by atoms with Crippen LogP contribution in [-0.4, -0.2) is 87.6 Å². The lowest BCUT2D eigenvalue weighted by Gasteiger charge is -2.34. The molecular weight excluding hydrogens is 388 g/mol. The Bertz CT molecular complexity index is 710. The van der Waals surface area contributed by atoms with Crippen molar-refractivity contribution < 1.29 is 23.9 Å². The first-order valence-corrected chi connectivity index (χ1v) is 10.2. The molecule has 2 N–H and O–H groups in total. The predicted molar refractivity (Wildman–Crippen MR) is 113 cm³/mol. The number of ether oxygens (including phenoxy) is 2. The van der Waals surface area contributed by atoms with Crippen LogP contribution in [0, 0.1) is 0 Å². The molecule has 30 heavy (non-hydrogen) atoms. The van der Waals surface area contributed by atoms with E-state index in [9.17, 15) is 14.4 Å². The number of amides is 3. The van der Waals surface area contributed by atoms with Crippen LogP contribution in [0.3, 0.4) is 0 Å². The van der Waals surface area contributed by atoms with E-state index in [0.29, 0.717) is 56.3 Å². The topological polar surface area (TPSA) is 100 Å². The van der Waals surface area contributed by atoms with Crippen molar-refractivity contribution in [3.8, 4) is 11.5 Å². The van der Waals surface area contributed by atoms with Gasteiger partial charge in [0.2, 0.25) is 11.8 Å². The van der Waals surface area contributed by atoms with E-state index in [-0.39, 0.29) is 24.3 Å². The van der Waals surface area contributed by atoms with Crippen molar-refractivity contribution in [3.63, 3.8) is 0 Å². The van der Waals surface area contributed by atoms with Crippen LogP contribution in [0.15, 0.2) is 18.2 Å². The molecule has 0 aromatic heterocycles. The Labute approximate surface area is 177 Å². The molecule has 0 bridgehead atoms. The van der Waals surface area contributed by atoms with Crippen molar-refractivity contribution >= 4 is 17.7 Å². The number of carbonyl (C=O) groups is 3. The molecule has 1 fully saturated rings. The van der Waals surface area contributed by atoms with E-state index in [4.69, 9.17) is 9.47 Å². The van der Waals surface area contributed by atoms with Gasteiger partial charge in [-0.05, 0) is 18.6 Å². The van der Waals surface area contributed by atoms with Gasteiger partial charge in [-0.25, -0.2) is 0 Å². The number of hydrogen-bond donors (Lipinski definition) is 2. The van der Waals surface area contributed by atoms with Gasteiger partial charge in [-0.15, -0.1) is 0 Å². The van der Waals surface area contributed by atoms with E-state index in [1.54, 1.807) is 23.1 Å². The van der Waals surface area contributed by atoms with E-state index in [2.05, 4.69) is 17.6 Å². The van der Waals surface area contributed by atoms with Crippen molar-refractivity contribution in [2.75, 3.05) is 60.0 Å². The molecule has 1 heterocycles. The quantitative estimate of drug-likeness (QED) is 0.535. The van der Waals surface area contributed by atoms with E-state index in [1.165, 1.54) is 14.2 Å². The molecule has 9 nitrogen and oxygen atoms in total. The first-order chi connectivity index (χ1) is 14.5. The van der Waals surface area contributed by atoms with Gasteiger partial charge in [-0.1, -0.05) is 13.3 Å². The molecule has 166 valence electrons. The fraction of sp³-hybridized carbons (Fsp3) is 0.571.